The minimum Gasteiger partial charge on any atom is -0.395 e. The number of rotatable bonds is 10. The highest BCUT2D eigenvalue weighted by molar-refractivity contribution is 7.12. The van der Waals surface area contributed by atoms with Gasteiger partial charge >= 0.3 is 0 Å². The number of hydrogen-bond donors (Lipinski definition) is 5. The van der Waals surface area contributed by atoms with Gasteiger partial charge in [-0.05, 0) is 36.6 Å². The number of benzene rings is 1. The minimum atomic E-state index is -1.27. The fourth-order valence-electron chi connectivity index (χ4n) is 3.84. The first-order chi connectivity index (χ1) is 15.8. The molecule has 5 N–H and O–H groups in total. The van der Waals surface area contributed by atoms with Crippen LogP contribution in [0.2, 0.25) is 0 Å². The maximum absolute atomic E-state index is 11.3. The lowest BCUT2D eigenvalue weighted by molar-refractivity contribution is -0.383. The lowest BCUT2D eigenvalue weighted by Crippen LogP contribution is -2.62. The van der Waals surface area contributed by atoms with E-state index in [1.807, 2.05) is 12.1 Å². The molecule has 0 unspecified atom stereocenters. The summed E-state index contributed by atoms with van der Waals surface area (Å²) in [5, 5.41) is 57.1. The number of nitro groups is 1. The molecule has 13 heteroatoms. The van der Waals surface area contributed by atoms with Gasteiger partial charge in [-0.1, -0.05) is 11.2 Å². The zero-order valence-electron chi connectivity index (χ0n) is 17.7. The van der Waals surface area contributed by atoms with Crippen LogP contribution in [0.5, 0.6) is 0 Å². The van der Waals surface area contributed by atoms with Gasteiger partial charge in [-0.15, -0.1) is 11.3 Å². The van der Waals surface area contributed by atoms with Crippen molar-refractivity contribution in [2.45, 2.75) is 37.2 Å². The third kappa shape index (κ3) is 6.18. The van der Waals surface area contributed by atoms with Crippen LogP contribution in [0, 0.1) is 10.1 Å². The average Bonchev–Trinajstić information content (AvgIpc) is 3.24. The fourth-order valence-corrected chi connectivity index (χ4v) is 4.84. The van der Waals surface area contributed by atoms with Gasteiger partial charge in [-0.3, -0.25) is 15.0 Å². The van der Waals surface area contributed by atoms with Crippen molar-refractivity contribution in [1.82, 2.24) is 4.90 Å². The predicted molar refractivity (Wildman–Crippen MR) is 123 cm³/mol. The molecular weight excluding hydrogens is 452 g/mol. The highest BCUT2D eigenvalue weighted by Crippen LogP contribution is 2.29. The molecule has 0 saturated carbocycles. The largest absolute Gasteiger partial charge is 0.395 e. The number of aliphatic hydroxyl groups is 4. The van der Waals surface area contributed by atoms with Crippen molar-refractivity contribution in [3.63, 3.8) is 0 Å². The highest BCUT2D eigenvalue weighted by Gasteiger charge is 2.40. The van der Waals surface area contributed by atoms with Crippen LogP contribution in [-0.4, -0.2) is 80.8 Å². The molecule has 1 aromatic heterocycles. The Kier molecular flexibility index (Phi) is 8.58. The van der Waals surface area contributed by atoms with E-state index < -0.39 is 29.3 Å². The Labute approximate surface area is 193 Å². The number of azide groups is 1. The van der Waals surface area contributed by atoms with E-state index >= 15 is 0 Å². The number of nitrogens with zero attached hydrogens (tertiary/aromatic N) is 5. The van der Waals surface area contributed by atoms with Gasteiger partial charge in [-0.25, -0.2) is 0 Å². The number of hydrogen-bond acceptors (Lipinski definition) is 10. The van der Waals surface area contributed by atoms with Crippen LogP contribution in [0.1, 0.15) is 9.75 Å². The maximum atomic E-state index is 11.3. The summed E-state index contributed by atoms with van der Waals surface area (Å²) in [7, 11) is 0. The predicted octanol–water partition coefficient (Wildman–Crippen LogP) is 1.55. The van der Waals surface area contributed by atoms with Gasteiger partial charge in [-0.2, -0.15) is 0 Å². The van der Waals surface area contributed by atoms with Crippen LogP contribution in [0.3, 0.4) is 0 Å². The quantitative estimate of drug-likeness (QED) is 0.112. The maximum Gasteiger partial charge on any atom is 0.292 e. The minimum absolute atomic E-state index is 0.166. The Hall–Kier alpha value is -2.77. The molecule has 1 aromatic carbocycles. The van der Waals surface area contributed by atoms with E-state index in [1.165, 1.54) is 18.2 Å². The van der Waals surface area contributed by atoms with Gasteiger partial charge in [0.2, 0.25) is 0 Å². The van der Waals surface area contributed by atoms with Crippen molar-refractivity contribution in [1.29, 1.82) is 0 Å². The first kappa shape index (κ1) is 24.9. The van der Waals surface area contributed by atoms with E-state index in [0.717, 1.165) is 9.75 Å². The Bertz CT molecular complexity index is 1010. The van der Waals surface area contributed by atoms with E-state index in [-0.39, 0.29) is 24.5 Å². The molecular formula is C20H26N6O6S. The molecule has 4 atom stereocenters. The summed E-state index contributed by atoms with van der Waals surface area (Å²) in [6.45, 7) is 0.829. The Morgan fingerprint density at radius 2 is 1.94 bits per heavy atom. The van der Waals surface area contributed by atoms with Crippen molar-refractivity contribution in [3.8, 4) is 0 Å². The number of likely N-dealkylation sites (tertiary alicyclic amines) is 1. The molecule has 3 rings (SSSR count). The molecule has 1 aliphatic rings. The molecule has 2 aromatic rings. The second-order valence-electron chi connectivity index (χ2n) is 7.74. The summed E-state index contributed by atoms with van der Waals surface area (Å²) in [6, 6.07) is 7.57. The molecule has 0 radical (unpaired) electrons. The van der Waals surface area contributed by atoms with E-state index in [1.54, 1.807) is 16.2 Å². The molecule has 0 aliphatic carbocycles. The number of thiophene rings is 1. The lowest BCUT2D eigenvalue weighted by atomic mass is 9.94. The van der Waals surface area contributed by atoms with Gasteiger partial charge in [0.1, 0.15) is 17.9 Å². The van der Waals surface area contributed by atoms with E-state index in [0.29, 0.717) is 31.6 Å². The summed E-state index contributed by atoms with van der Waals surface area (Å²) in [6.07, 6.45) is -2.26. The molecule has 1 fully saturated rings. The second kappa shape index (κ2) is 11.4. The van der Waals surface area contributed by atoms with Gasteiger partial charge in [0, 0.05) is 46.1 Å². The Morgan fingerprint density at radius 1 is 1.21 bits per heavy atom. The normalized spacial score (nSPS) is 23.2. The fraction of sp³-hybridized carbons (Fsp3) is 0.500. The third-order valence-corrected chi connectivity index (χ3v) is 6.81. The van der Waals surface area contributed by atoms with Crippen molar-refractivity contribution in [3.05, 3.63) is 60.6 Å². The van der Waals surface area contributed by atoms with Gasteiger partial charge < -0.3 is 25.7 Å². The topological polar surface area (TPSA) is 188 Å². The summed E-state index contributed by atoms with van der Waals surface area (Å²) in [4.78, 5) is 17.3. The molecule has 12 nitrogen and oxygen atoms in total. The standard InChI is InChI=1S/C20H26N6O6S/c21-24-23-12-1-4-15(16(9-12)26(31)32)22-7-5-13-2-3-14(33-13)6-8-25-10-18(28)20(30)19(29)17(25)11-27/h1-4,9,17-20,22,27-30H,5-8,10-11H2/t17-,18+,19-,20-/m1/s1. The third-order valence-electron chi connectivity index (χ3n) is 5.60. The molecule has 1 saturated heterocycles. The zero-order chi connectivity index (χ0) is 24.0. The molecule has 2 heterocycles. The molecule has 0 bridgehead atoms. The van der Waals surface area contributed by atoms with Gasteiger partial charge in [0.15, 0.2) is 0 Å². The number of β-amino-alcohol motifs (C(OH)–C–C–N with tert-alkyl or cyclic N) is 1. The first-order valence-corrected chi connectivity index (χ1v) is 11.2. The second-order valence-corrected chi connectivity index (χ2v) is 8.99. The van der Waals surface area contributed by atoms with Crippen molar-refractivity contribution < 1.29 is 25.3 Å². The number of piperidine rings is 1. The molecule has 178 valence electrons. The number of aliphatic hydroxyl groups excluding tert-OH is 4. The van der Waals surface area contributed by atoms with E-state index in [4.69, 9.17) is 5.53 Å². The van der Waals surface area contributed by atoms with Crippen LogP contribution in [-0.2, 0) is 12.8 Å². The average molecular weight is 479 g/mol. The first-order valence-electron chi connectivity index (χ1n) is 10.4. The van der Waals surface area contributed by atoms with Crippen LogP contribution < -0.4 is 5.32 Å². The van der Waals surface area contributed by atoms with E-state index in [9.17, 15) is 30.5 Å². The number of nitro benzene ring substituents is 1. The van der Waals surface area contributed by atoms with Gasteiger partial charge in [0.25, 0.3) is 5.69 Å². The summed E-state index contributed by atoms with van der Waals surface area (Å²) in [5.41, 5.74) is 8.83. The van der Waals surface area contributed by atoms with Crippen molar-refractivity contribution >= 4 is 28.4 Å². The monoisotopic (exact) mass is 478 g/mol. The van der Waals surface area contributed by atoms with Gasteiger partial charge in [0.05, 0.1) is 23.7 Å². The van der Waals surface area contributed by atoms with Crippen molar-refractivity contribution in [2.75, 3.05) is 31.6 Å². The number of anilines is 1. The van der Waals surface area contributed by atoms with Crippen LogP contribution in [0.25, 0.3) is 10.4 Å². The van der Waals surface area contributed by atoms with Crippen molar-refractivity contribution in [2.24, 2.45) is 5.11 Å². The summed E-state index contributed by atoms with van der Waals surface area (Å²) < 4.78 is 0. The highest BCUT2D eigenvalue weighted by atomic mass is 32.1. The summed E-state index contributed by atoms with van der Waals surface area (Å²) in [5.74, 6) is 0. The zero-order valence-corrected chi connectivity index (χ0v) is 18.5. The number of nitrogens with one attached hydrogen (secondary N) is 1. The van der Waals surface area contributed by atoms with Crippen LogP contribution in [0.15, 0.2) is 35.4 Å². The Balaban J connectivity index is 1.53. The lowest BCUT2D eigenvalue weighted by Gasteiger charge is -2.43. The molecule has 1 aliphatic heterocycles. The SMILES string of the molecule is [N-]=[N+]=Nc1ccc(NCCc2ccc(CCN3C[C@H](O)[C@@H](O)[C@H](O)[C@H]3CO)s2)c([N+](=O)[O-])c1. The van der Waals surface area contributed by atoms with E-state index in [2.05, 4.69) is 15.3 Å². The van der Waals surface area contributed by atoms with Crippen LogP contribution >= 0.6 is 11.3 Å². The molecule has 0 amide bonds. The molecule has 33 heavy (non-hydrogen) atoms. The summed E-state index contributed by atoms with van der Waals surface area (Å²) >= 11 is 1.59. The molecule has 0 spiro atoms. The Morgan fingerprint density at radius 3 is 2.61 bits per heavy atom. The van der Waals surface area contributed by atoms with Crippen LogP contribution in [0.4, 0.5) is 17.1 Å². The smallest absolute Gasteiger partial charge is 0.292 e.